The standard InChI is InChI=1S/C24H28ClN9O4/c1-14(37-5)21-17(12-27-20-8-18(25)32-34(20)21)31-22(35)30-16-6-7-19(26-11-16)33-13-15(10-29-33)9-28-23(36)38-24(2,3)4/h6-8,10-14H,9H2,1-5H3,(H,28,36)(H2,30,31,35)/t14-/m0/s1. The van der Waals surface area contributed by atoms with Crippen LogP contribution >= 0.6 is 11.6 Å². The molecule has 1 atom stereocenters. The molecule has 0 aromatic carbocycles. The van der Waals surface area contributed by atoms with Crippen LogP contribution in [0.25, 0.3) is 11.5 Å². The summed E-state index contributed by atoms with van der Waals surface area (Å²) >= 11 is 6.03. The molecule has 3 amide bonds. The van der Waals surface area contributed by atoms with Crippen LogP contribution in [0.15, 0.2) is 43.0 Å². The number of carbonyl (C=O) groups is 2. The summed E-state index contributed by atoms with van der Waals surface area (Å²) in [5.41, 5.74) is 2.18. The Morgan fingerprint density at radius 2 is 1.92 bits per heavy atom. The van der Waals surface area contributed by atoms with Gasteiger partial charge in [0.2, 0.25) is 0 Å². The molecule has 0 unspecified atom stereocenters. The summed E-state index contributed by atoms with van der Waals surface area (Å²) in [6, 6.07) is 4.50. The highest BCUT2D eigenvalue weighted by Gasteiger charge is 2.19. The number of hydrogen-bond donors (Lipinski definition) is 3. The highest BCUT2D eigenvalue weighted by Crippen LogP contribution is 2.26. The summed E-state index contributed by atoms with van der Waals surface area (Å²) in [6.45, 7) is 7.47. The number of methoxy groups -OCH3 is 1. The lowest BCUT2D eigenvalue weighted by molar-refractivity contribution is 0.0523. The van der Waals surface area contributed by atoms with E-state index < -0.39 is 23.8 Å². The van der Waals surface area contributed by atoms with E-state index in [0.717, 1.165) is 5.56 Å². The monoisotopic (exact) mass is 541 g/mol. The lowest BCUT2D eigenvalue weighted by Gasteiger charge is -2.19. The lowest BCUT2D eigenvalue weighted by atomic mass is 10.2. The third-order valence-electron chi connectivity index (χ3n) is 5.19. The Hall–Kier alpha value is -4.23. The van der Waals surface area contributed by atoms with Gasteiger partial charge in [0.25, 0.3) is 0 Å². The van der Waals surface area contributed by atoms with Gasteiger partial charge in [-0.2, -0.15) is 10.2 Å². The van der Waals surface area contributed by atoms with Crippen LogP contribution in [0, 0.1) is 0 Å². The number of alkyl carbamates (subject to hydrolysis) is 1. The predicted octanol–water partition coefficient (Wildman–Crippen LogP) is 4.34. The number of nitrogens with one attached hydrogen (secondary N) is 3. The fraction of sp³-hybridized carbons (Fsp3) is 0.333. The molecule has 4 rings (SSSR count). The van der Waals surface area contributed by atoms with E-state index in [1.807, 2.05) is 6.92 Å². The third-order valence-corrected chi connectivity index (χ3v) is 5.37. The van der Waals surface area contributed by atoms with Gasteiger partial charge in [-0.3, -0.25) is 0 Å². The van der Waals surface area contributed by atoms with Crippen LogP contribution in [0.3, 0.4) is 0 Å². The zero-order valence-corrected chi connectivity index (χ0v) is 22.3. The first-order chi connectivity index (χ1) is 18.0. The van der Waals surface area contributed by atoms with Gasteiger partial charge in [-0.25, -0.2) is 28.8 Å². The number of pyridine rings is 1. The number of halogens is 1. The molecule has 14 heteroatoms. The van der Waals surface area contributed by atoms with Gasteiger partial charge < -0.3 is 25.4 Å². The van der Waals surface area contributed by atoms with E-state index in [-0.39, 0.29) is 11.7 Å². The molecule has 4 aromatic heterocycles. The molecule has 4 aromatic rings. The summed E-state index contributed by atoms with van der Waals surface area (Å²) in [5.74, 6) is 0.529. The second-order valence-electron chi connectivity index (χ2n) is 9.30. The number of amides is 3. The van der Waals surface area contributed by atoms with E-state index in [4.69, 9.17) is 21.1 Å². The molecule has 0 fully saturated rings. The second kappa shape index (κ2) is 11.0. The van der Waals surface area contributed by atoms with E-state index in [1.54, 1.807) is 63.2 Å². The third kappa shape index (κ3) is 6.55. The molecule has 0 aliphatic carbocycles. The molecule has 3 N–H and O–H groups in total. The van der Waals surface area contributed by atoms with Crippen molar-refractivity contribution in [1.29, 1.82) is 0 Å². The Labute approximate surface area is 223 Å². The van der Waals surface area contributed by atoms with E-state index in [1.165, 1.54) is 16.9 Å². The maximum absolute atomic E-state index is 12.7. The topological polar surface area (TPSA) is 150 Å². The number of urea groups is 1. The Kier molecular flexibility index (Phi) is 7.78. The number of fused-ring (bicyclic) bond motifs is 1. The van der Waals surface area contributed by atoms with Crippen LogP contribution in [-0.4, -0.2) is 54.2 Å². The minimum absolute atomic E-state index is 0.254. The smallest absolute Gasteiger partial charge is 0.407 e. The van der Waals surface area contributed by atoms with Crippen LogP contribution in [0.2, 0.25) is 5.15 Å². The van der Waals surface area contributed by atoms with E-state index in [0.29, 0.717) is 28.5 Å². The van der Waals surface area contributed by atoms with Gasteiger partial charge in [0.15, 0.2) is 16.6 Å². The maximum atomic E-state index is 12.7. The SMILES string of the molecule is CO[C@@H](C)c1c(NC(=O)Nc2ccc(-n3cc(CNC(=O)OC(C)(C)C)cn3)nc2)cnc2cc(Cl)nn12. The first-order valence-corrected chi connectivity index (χ1v) is 12.0. The summed E-state index contributed by atoms with van der Waals surface area (Å²) in [4.78, 5) is 33.2. The van der Waals surface area contributed by atoms with E-state index in [2.05, 4.69) is 36.1 Å². The average molecular weight is 542 g/mol. The molecule has 0 saturated heterocycles. The fourth-order valence-corrected chi connectivity index (χ4v) is 3.64. The maximum Gasteiger partial charge on any atom is 0.407 e. The van der Waals surface area contributed by atoms with Crippen molar-refractivity contribution in [3.63, 3.8) is 0 Å². The van der Waals surface area contributed by atoms with Gasteiger partial charge >= 0.3 is 12.1 Å². The molecule has 0 aliphatic heterocycles. The van der Waals surface area contributed by atoms with Gasteiger partial charge in [-0.05, 0) is 39.8 Å². The number of ether oxygens (including phenoxy) is 2. The summed E-state index contributed by atoms with van der Waals surface area (Å²) in [5, 5.41) is 17.0. The van der Waals surface area contributed by atoms with Gasteiger partial charge in [0.05, 0.1) is 41.8 Å². The molecule has 200 valence electrons. The highest BCUT2D eigenvalue weighted by atomic mass is 35.5. The van der Waals surface area contributed by atoms with E-state index >= 15 is 0 Å². The van der Waals surface area contributed by atoms with Crippen molar-refractivity contribution in [3.05, 3.63) is 59.4 Å². The van der Waals surface area contributed by atoms with Crippen molar-refractivity contribution in [2.24, 2.45) is 0 Å². The van der Waals surface area contributed by atoms with Crippen molar-refractivity contribution in [2.45, 2.75) is 45.9 Å². The van der Waals surface area contributed by atoms with Crippen LogP contribution in [0.5, 0.6) is 0 Å². The normalized spacial score (nSPS) is 12.3. The number of nitrogens with zero attached hydrogens (tertiary/aromatic N) is 6. The summed E-state index contributed by atoms with van der Waals surface area (Å²) in [7, 11) is 1.55. The first-order valence-electron chi connectivity index (χ1n) is 11.6. The first kappa shape index (κ1) is 26.8. The molecule has 38 heavy (non-hydrogen) atoms. The van der Waals surface area contributed by atoms with Crippen molar-refractivity contribution in [3.8, 4) is 5.82 Å². The molecule has 0 radical (unpaired) electrons. The molecule has 0 spiro atoms. The van der Waals surface area contributed by atoms with Crippen LogP contribution in [-0.2, 0) is 16.0 Å². The number of anilines is 2. The van der Waals surface area contributed by atoms with E-state index in [9.17, 15) is 9.59 Å². The number of carbonyl (C=O) groups excluding carboxylic acids is 2. The van der Waals surface area contributed by atoms with Gasteiger partial charge in [0.1, 0.15) is 5.60 Å². The largest absolute Gasteiger partial charge is 0.444 e. The number of hydrogen-bond acceptors (Lipinski definition) is 8. The minimum atomic E-state index is -0.575. The quantitative estimate of drug-likeness (QED) is 0.313. The summed E-state index contributed by atoms with van der Waals surface area (Å²) in [6.07, 6.45) is 5.47. The number of rotatable bonds is 7. The molecule has 0 aliphatic rings. The zero-order chi connectivity index (χ0) is 27.4. The van der Waals surface area contributed by atoms with Crippen molar-refractivity contribution >= 4 is 40.7 Å². The van der Waals surface area contributed by atoms with Crippen LogP contribution in [0.1, 0.15) is 45.1 Å². The molecule has 0 saturated carbocycles. The van der Waals surface area contributed by atoms with Gasteiger partial charge in [0, 0.05) is 31.5 Å². The van der Waals surface area contributed by atoms with Crippen molar-refractivity contribution in [2.75, 3.05) is 17.7 Å². The fourth-order valence-electron chi connectivity index (χ4n) is 3.47. The molecule has 4 heterocycles. The second-order valence-corrected chi connectivity index (χ2v) is 9.69. The van der Waals surface area contributed by atoms with Crippen molar-refractivity contribution < 1.29 is 19.1 Å². The van der Waals surface area contributed by atoms with Gasteiger partial charge in [-0.15, -0.1) is 0 Å². The van der Waals surface area contributed by atoms with Crippen LogP contribution < -0.4 is 16.0 Å². The van der Waals surface area contributed by atoms with Crippen LogP contribution in [0.4, 0.5) is 21.0 Å². The summed E-state index contributed by atoms with van der Waals surface area (Å²) < 4.78 is 13.8. The molecule has 13 nitrogen and oxygen atoms in total. The predicted molar refractivity (Wildman–Crippen MR) is 140 cm³/mol. The molecule has 0 bridgehead atoms. The van der Waals surface area contributed by atoms with Gasteiger partial charge in [-0.1, -0.05) is 11.6 Å². The highest BCUT2D eigenvalue weighted by molar-refractivity contribution is 6.29. The molecular weight excluding hydrogens is 514 g/mol. The Bertz CT molecular complexity index is 1440. The zero-order valence-electron chi connectivity index (χ0n) is 21.5. The number of aromatic nitrogens is 6. The lowest BCUT2D eigenvalue weighted by Crippen LogP contribution is -2.32. The van der Waals surface area contributed by atoms with Crippen molar-refractivity contribution in [1.82, 2.24) is 34.7 Å². The minimum Gasteiger partial charge on any atom is -0.444 e. The Morgan fingerprint density at radius 1 is 1.13 bits per heavy atom. The average Bonchev–Trinajstić information content (AvgIpc) is 3.47. The Balaban J connectivity index is 1.39. The Morgan fingerprint density at radius 3 is 2.61 bits per heavy atom. The molecular formula is C24H28ClN9O4.